The van der Waals surface area contributed by atoms with E-state index < -0.39 is 0 Å². The Morgan fingerprint density at radius 1 is 1.50 bits per heavy atom. The van der Waals surface area contributed by atoms with Crippen molar-refractivity contribution in [2.45, 2.75) is 19.1 Å². The van der Waals surface area contributed by atoms with E-state index in [9.17, 15) is 4.39 Å². The van der Waals surface area contributed by atoms with Gasteiger partial charge < -0.3 is 10.5 Å². The summed E-state index contributed by atoms with van der Waals surface area (Å²) in [5.41, 5.74) is 6.68. The van der Waals surface area contributed by atoms with Gasteiger partial charge in [0.15, 0.2) is 0 Å². The minimum Gasteiger partial charge on any atom is -0.488 e. The number of fused-ring (bicyclic) bond motifs is 1. The van der Waals surface area contributed by atoms with Gasteiger partial charge in [0.2, 0.25) is 0 Å². The molecule has 0 saturated heterocycles. The van der Waals surface area contributed by atoms with Gasteiger partial charge in [0.25, 0.3) is 0 Å². The Balaban J connectivity index is 2.47. The molecule has 3 heteroatoms. The predicted molar refractivity (Wildman–Crippen MR) is 43.4 cm³/mol. The van der Waals surface area contributed by atoms with E-state index in [4.69, 9.17) is 10.5 Å². The van der Waals surface area contributed by atoms with Crippen molar-refractivity contribution in [3.63, 3.8) is 0 Å². The van der Waals surface area contributed by atoms with Crippen LogP contribution in [0.25, 0.3) is 0 Å². The summed E-state index contributed by atoms with van der Waals surface area (Å²) >= 11 is 0. The molecule has 64 valence electrons. The Bertz CT molecular complexity index is 313. The number of nitrogens with two attached hydrogens (primary N) is 1. The Hall–Kier alpha value is -1.09. The Labute approximate surface area is 70.1 Å². The zero-order valence-corrected chi connectivity index (χ0v) is 6.75. The fraction of sp³-hybridized carbons (Fsp3) is 0.333. The lowest BCUT2D eigenvalue weighted by Crippen LogP contribution is -2.21. The summed E-state index contributed by atoms with van der Waals surface area (Å²) in [5.74, 6) is 0.296. The molecule has 1 aromatic carbocycles. The molecular formula is C9H10FNO. The highest BCUT2D eigenvalue weighted by Crippen LogP contribution is 2.34. The molecule has 2 atom stereocenters. The Kier molecular flexibility index (Phi) is 1.54. The molecule has 0 radical (unpaired) electrons. The summed E-state index contributed by atoms with van der Waals surface area (Å²) in [7, 11) is 0. The first kappa shape index (κ1) is 7.55. The van der Waals surface area contributed by atoms with Crippen LogP contribution in [0, 0.1) is 5.82 Å². The van der Waals surface area contributed by atoms with Crippen molar-refractivity contribution in [2.24, 2.45) is 5.73 Å². The van der Waals surface area contributed by atoms with Crippen molar-refractivity contribution in [3.8, 4) is 5.75 Å². The smallest absolute Gasteiger partial charge is 0.127 e. The minimum atomic E-state index is -0.282. The molecule has 0 amide bonds. The predicted octanol–water partition coefficient (Wildman–Crippen LogP) is 1.61. The molecular weight excluding hydrogens is 157 g/mol. The summed E-state index contributed by atoms with van der Waals surface area (Å²) in [6.07, 6.45) is -0.0539. The van der Waals surface area contributed by atoms with Gasteiger partial charge in [0, 0.05) is 11.6 Å². The highest BCUT2D eigenvalue weighted by Gasteiger charge is 2.27. The zero-order valence-electron chi connectivity index (χ0n) is 6.75. The highest BCUT2D eigenvalue weighted by molar-refractivity contribution is 5.40. The van der Waals surface area contributed by atoms with Gasteiger partial charge in [-0.15, -0.1) is 0 Å². The summed E-state index contributed by atoms with van der Waals surface area (Å²) in [4.78, 5) is 0. The molecule has 1 heterocycles. The SMILES string of the molecule is C[C@H]1Oc2cc(F)ccc2[C@H]1N. The number of benzene rings is 1. The van der Waals surface area contributed by atoms with Gasteiger partial charge in [-0.05, 0) is 13.0 Å². The maximum atomic E-state index is 12.7. The molecule has 1 aromatic rings. The van der Waals surface area contributed by atoms with E-state index in [0.29, 0.717) is 5.75 Å². The van der Waals surface area contributed by atoms with Crippen LogP contribution in [0.2, 0.25) is 0 Å². The first-order valence-electron chi connectivity index (χ1n) is 3.90. The molecule has 0 aliphatic carbocycles. The lowest BCUT2D eigenvalue weighted by atomic mass is 10.1. The van der Waals surface area contributed by atoms with Crippen molar-refractivity contribution in [1.82, 2.24) is 0 Å². The third kappa shape index (κ3) is 0.975. The van der Waals surface area contributed by atoms with E-state index in [1.165, 1.54) is 12.1 Å². The number of hydrogen-bond acceptors (Lipinski definition) is 2. The van der Waals surface area contributed by atoms with Crippen LogP contribution in [-0.2, 0) is 0 Å². The molecule has 1 aliphatic heterocycles. The normalized spacial score (nSPS) is 26.6. The summed E-state index contributed by atoms with van der Waals surface area (Å²) in [6, 6.07) is 4.33. The van der Waals surface area contributed by atoms with Crippen molar-refractivity contribution in [1.29, 1.82) is 0 Å². The van der Waals surface area contributed by atoms with Gasteiger partial charge in [-0.2, -0.15) is 0 Å². The highest BCUT2D eigenvalue weighted by atomic mass is 19.1. The third-order valence-corrected chi connectivity index (χ3v) is 2.15. The molecule has 0 fully saturated rings. The molecule has 2 nitrogen and oxygen atoms in total. The first-order chi connectivity index (χ1) is 5.68. The largest absolute Gasteiger partial charge is 0.488 e. The minimum absolute atomic E-state index is 0.0539. The van der Waals surface area contributed by atoms with Crippen molar-refractivity contribution in [2.75, 3.05) is 0 Å². The first-order valence-corrected chi connectivity index (χ1v) is 3.90. The van der Waals surface area contributed by atoms with E-state index in [1.54, 1.807) is 6.07 Å². The van der Waals surface area contributed by atoms with Crippen molar-refractivity contribution < 1.29 is 9.13 Å². The van der Waals surface area contributed by atoms with Gasteiger partial charge in [-0.3, -0.25) is 0 Å². The van der Waals surface area contributed by atoms with Gasteiger partial charge >= 0.3 is 0 Å². The molecule has 0 unspecified atom stereocenters. The van der Waals surface area contributed by atoms with Crippen LogP contribution < -0.4 is 10.5 Å². The van der Waals surface area contributed by atoms with Crippen molar-refractivity contribution in [3.05, 3.63) is 29.6 Å². The van der Waals surface area contributed by atoms with E-state index in [2.05, 4.69) is 0 Å². The number of hydrogen-bond donors (Lipinski definition) is 1. The number of ether oxygens (including phenoxy) is 1. The molecule has 12 heavy (non-hydrogen) atoms. The van der Waals surface area contributed by atoms with E-state index in [0.717, 1.165) is 5.56 Å². The van der Waals surface area contributed by atoms with Crippen LogP contribution in [0.5, 0.6) is 5.75 Å². The third-order valence-electron chi connectivity index (χ3n) is 2.15. The Morgan fingerprint density at radius 2 is 2.25 bits per heavy atom. The van der Waals surface area contributed by atoms with Crippen LogP contribution in [0.3, 0.4) is 0 Å². The monoisotopic (exact) mass is 167 g/mol. The average molecular weight is 167 g/mol. The number of halogens is 1. The average Bonchev–Trinajstić information content (AvgIpc) is 2.28. The molecule has 1 aliphatic rings. The zero-order chi connectivity index (χ0) is 8.72. The van der Waals surface area contributed by atoms with E-state index >= 15 is 0 Å². The fourth-order valence-electron chi connectivity index (χ4n) is 1.41. The molecule has 2 N–H and O–H groups in total. The topological polar surface area (TPSA) is 35.2 Å². The maximum absolute atomic E-state index is 12.7. The van der Waals surface area contributed by atoms with Gasteiger partial charge in [-0.1, -0.05) is 6.07 Å². The molecule has 0 bridgehead atoms. The summed E-state index contributed by atoms with van der Waals surface area (Å²) in [6.45, 7) is 1.88. The number of rotatable bonds is 0. The summed E-state index contributed by atoms with van der Waals surface area (Å²) < 4.78 is 18.0. The second kappa shape index (κ2) is 2.45. The summed E-state index contributed by atoms with van der Waals surface area (Å²) in [5, 5.41) is 0. The van der Waals surface area contributed by atoms with Crippen LogP contribution in [0.4, 0.5) is 4.39 Å². The molecule has 0 aromatic heterocycles. The van der Waals surface area contributed by atoms with Crippen LogP contribution >= 0.6 is 0 Å². The standard InChI is InChI=1S/C9H10FNO/c1-5-9(11)7-3-2-6(10)4-8(7)12-5/h2-5,9H,11H2,1H3/t5-,9+/m1/s1. The maximum Gasteiger partial charge on any atom is 0.127 e. The Morgan fingerprint density at radius 3 is 3.00 bits per heavy atom. The van der Waals surface area contributed by atoms with E-state index in [1.807, 2.05) is 6.92 Å². The van der Waals surface area contributed by atoms with Crippen molar-refractivity contribution >= 4 is 0 Å². The molecule has 0 saturated carbocycles. The van der Waals surface area contributed by atoms with Gasteiger partial charge in [-0.25, -0.2) is 4.39 Å². The lowest BCUT2D eigenvalue weighted by Gasteiger charge is -2.07. The molecule has 0 spiro atoms. The lowest BCUT2D eigenvalue weighted by molar-refractivity contribution is 0.228. The van der Waals surface area contributed by atoms with Crippen LogP contribution in [0.15, 0.2) is 18.2 Å². The quantitative estimate of drug-likeness (QED) is 0.637. The molecule has 2 rings (SSSR count). The van der Waals surface area contributed by atoms with Gasteiger partial charge in [0.1, 0.15) is 17.7 Å². The second-order valence-electron chi connectivity index (χ2n) is 3.03. The fourth-order valence-corrected chi connectivity index (χ4v) is 1.41. The van der Waals surface area contributed by atoms with E-state index in [-0.39, 0.29) is 18.0 Å². The van der Waals surface area contributed by atoms with Gasteiger partial charge in [0.05, 0.1) is 6.04 Å². The van der Waals surface area contributed by atoms with Crippen LogP contribution in [-0.4, -0.2) is 6.10 Å². The van der Waals surface area contributed by atoms with Crippen LogP contribution in [0.1, 0.15) is 18.5 Å². The second-order valence-corrected chi connectivity index (χ2v) is 3.03.